The van der Waals surface area contributed by atoms with Crippen LogP contribution in [-0.2, 0) is 23.7 Å². The fraction of sp³-hybridized carbons (Fsp3) is 0.865. The van der Waals surface area contributed by atoms with E-state index in [1.165, 1.54) is 116 Å². The summed E-state index contributed by atoms with van der Waals surface area (Å²) < 4.78 is 22.7. The maximum Gasteiger partial charge on any atom is 0.220 e. The molecule has 2 fully saturated rings. The van der Waals surface area contributed by atoms with Crippen LogP contribution < -0.4 is 5.32 Å². The standard InChI is InChI=1S/C52H95NO13/c1-3-5-7-9-11-13-15-17-18-19-20-21-22-23-24-26-28-30-32-34-36-44(57)53-40(41(56)35-33-31-29-27-25-16-14-12-10-8-6-4-2)39-63-51-49(62)47(60)50(43(38-55)65-51)66-52-48(61)46(59)45(58)42(37-54)64-52/h10,12,25,27,33,35,40-43,45-52,54-56,58-62H,3-9,11,13-24,26,28-32,34,36-39H2,1-2H3,(H,53,57)/b12-10+,27-25+,35-33+. The van der Waals surface area contributed by atoms with E-state index in [1.54, 1.807) is 6.08 Å². The second-order valence-electron chi connectivity index (χ2n) is 18.6. The number of allylic oxidation sites excluding steroid dienone is 5. The quantitative estimate of drug-likeness (QED) is 0.0221. The first-order valence-electron chi connectivity index (χ1n) is 26.2. The molecule has 1 amide bonds. The first kappa shape index (κ1) is 60.3. The first-order chi connectivity index (χ1) is 32.1. The molecule has 14 nitrogen and oxygen atoms in total. The highest BCUT2D eigenvalue weighted by Crippen LogP contribution is 2.30. The van der Waals surface area contributed by atoms with Gasteiger partial charge < -0.3 is 65.1 Å². The highest BCUT2D eigenvalue weighted by atomic mass is 16.7. The predicted octanol–water partition coefficient (Wildman–Crippen LogP) is 7.10. The fourth-order valence-corrected chi connectivity index (χ4v) is 8.48. The Labute approximate surface area is 398 Å². The molecule has 0 bridgehead atoms. The summed E-state index contributed by atoms with van der Waals surface area (Å²) in [6, 6.07) is -0.933. The Balaban J connectivity index is 1.81. The minimum Gasteiger partial charge on any atom is -0.394 e. The molecule has 386 valence electrons. The third kappa shape index (κ3) is 25.7. The van der Waals surface area contributed by atoms with Gasteiger partial charge in [-0.1, -0.05) is 185 Å². The number of rotatable bonds is 40. The molecule has 12 atom stereocenters. The molecule has 12 unspecified atom stereocenters. The van der Waals surface area contributed by atoms with Gasteiger partial charge in [0.25, 0.3) is 0 Å². The summed E-state index contributed by atoms with van der Waals surface area (Å²) in [6.07, 6.45) is 27.7. The van der Waals surface area contributed by atoms with Crippen molar-refractivity contribution in [2.24, 2.45) is 0 Å². The van der Waals surface area contributed by atoms with E-state index in [2.05, 4.69) is 43.5 Å². The third-order valence-corrected chi connectivity index (χ3v) is 12.8. The highest BCUT2D eigenvalue weighted by Gasteiger charge is 2.51. The lowest BCUT2D eigenvalue weighted by Gasteiger charge is -2.46. The summed E-state index contributed by atoms with van der Waals surface area (Å²) in [5.74, 6) is -0.253. The molecule has 0 aromatic carbocycles. The summed E-state index contributed by atoms with van der Waals surface area (Å²) in [6.45, 7) is 2.71. The molecule has 0 aliphatic carbocycles. The van der Waals surface area contributed by atoms with E-state index in [0.717, 1.165) is 44.9 Å². The molecule has 0 aromatic heterocycles. The molecular formula is C52H95NO13. The second-order valence-corrected chi connectivity index (χ2v) is 18.6. The maximum atomic E-state index is 13.2. The van der Waals surface area contributed by atoms with Crippen LogP contribution in [0.15, 0.2) is 36.5 Å². The van der Waals surface area contributed by atoms with Gasteiger partial charge in [-0.15, -0.1) is 0 Å². The largest absolute Gasteiger partial charge is 0.394 e. The number of hydrogen-bond donors (Lipinski definition) is 9. The SMILES string of the molecule is CCCC/C=C/CC/C=C/CC/C=C/C(O)C(COC1OC(CO)C(OC2OC(CO)C(O)C(O)C2O)C(O)C1O)NC(=O)CCCCCCCCCCCCCCCCCCCCCC. The molecule has 2 heterocycles. The number of nitrogens with one attached hydrogen (secondary N) is 1. The third-order valence-electron chi connectivity index (χ3n) is 12.8. The Bertz CT molecular complexity index is 1250. The van der Waals surface area contributed by atoms with E-state index in [0.29, 0.717) is 12.8 Å². The monoisotopic (exact) mass is 942 g/mol. The van der Waals surface area contributed by atoms with Gasteiger partial charge in [0.05, 0.1) is 32.0 Å². The highest BCUT2D eigenvalue weighted by molar-refractivity contribution is 5.76. The number of hydrogen-bond acceptors (Lipinski definition) is 13. The fourth-order valence-electron chi connectivity index (χ4n) is 8.48. The maximum absolute atomic E-state index is 13.2. The van der Waals surface area contributed by atoms with Crippen LogP contribution in [0.5, 0.6) is 0 Å². The van der Waals surface area contributed by atoms with Crippen molar-refractivity contribution in [1.82, 2.24) is 5.32 Å². The summed E-state index contributed by atoms with van der Waals surface area (Å²) >= 11 is 0. The zero-order chi connectivity index (χ0) is 48.2. The summed E-state index contributed by atoms with van der Waals surface area (Å²) in [4.78, 5) is 13.2. The van der Waals surface area contributed by atoms with Crippen molar-refractivity contribution in [1.29, 1.82) is 0 Å². The van der Waals surface area contributed by atoms with Gasteiger partial charge in [-0.05, 0) is 38.5 Å². The molecule has 14 heteroatoms. The number of unbranched alkanes of at least 4 members (excludes halogenated alkanes) is 23. The van der Waals surface area contributed by atoms with Crippen molar-refractivity contribution in [3.05, 3.63) is 36.5 Å². The molecule has 2 rings (SSSR count). The topological polar surface area (TPSA) is 228 Å². The van der Waals surface area contributed by atoms with E-state index in [9.17, 15) is 45.6 Å². The smallest absolute Gasteiger partial charge is 0.220 e. The van der Waals surface area contributed by atoms with Gasteiger partial charge in [0.2, 0.25) is 5.91 Å². The van der Waals surface area contributed by atoms with Crippen LogP contribution in [0, 0.1) is 0 Å². The average molecular weight is 942 g/mol. The number of aliphatic hydroxyl groups excluding tert-OH is 8. The van der Waals surface area contributed by atoms with Crippen molar-refractivity contribution < 1.29 is 64.6 Å². The number of amides is 1. The predicted molar refractivity (Wildman–Crippen MR) is 258 cm³/mol. The van der Waals surface area contributed by atoms with Crippen LogP contribution in [0.25, 0.3) is 0 Å². The Hall–Kier alpha value is -1.79. The van der Waals surface area contributed by atoms with Gasteiger partial charge in [-0.25, -0.2) is 0 Å². The zero-order valence-corrected chi connectivity index (χ0v) is 40.9. The van der Waals surface area contributed by atoms with Crippen LogP contribution in [-0.4, -0.2) is 140 Å². The van der Waals surface area contributed by atoms with Gasteiger partial charge in [-0.3, -0.25) is 4.79 Å². The van der Waals surface area contributed by atoms with E-state index in [4.69, 9.17) is 18.9 Å². The van der Waals surface area contributed by atoms with Crippen LogP contribution in [0.4, 0.5) is 0 Å². The minimum atomic E-state index is -1.79. The lowest BCUT2D eigenvalue weighted by Crippen LogP contribution is -2.65. The van der Waals surface area contributed by atoms with Crippen molar-refractivity contribution in [2.45, 2.75) is 267 Å². The van der Waals surface area contributed by atoms with Crippen molar-refractivity contribution in [3.8, 4) is 0 Å². The average Bonchev–Trinajstić information content (AvgIpc) is 3.31. The van der Waals surface area contributed by atoms with Crippen LogP contribution >= 0.6 is 0 Å². The molecule has 66 heavy (non-hydrogen) atoms. The van der Waals surface area contributed by atoms with Crippen molar-refractivity contribution in [3.63, 3.8) is 0 Å². The van der Waals surface area contributed by atoms with Gasteiger partial charge in [0.1, 0.15) is 48.8 Å². The van der Waals surface area contributed by atoms with E-state index < -0.39 is 86.8 Å². The van der Waals surface area contributed by atoms with Crippen molar-refractivity contribution in [2.75, 3.05) is 19.8 Å². The molecule has 0 aromatic rings. The van der Waals surface area contributed by atoms with Gasteiger partial charge in [0.15, 0.2) is 12.6 Å². The zero-order valence-electron chi connectivity index (χ0n) is 40.9. The Morgan fingerprint density at radius 2 is 0.970 bits per heavy atom. The Kier molecular flexibility index (Phi) is 35.6. The number of aliphatic hydroxyl groups is 8. The van der Waals surface area contributed by atoms with E-state index in [1.807, 2.05) is 6.08 Å². The summed E-state index contributed by atoms with van der Waals surface area (Å²) in [5.41, 5.74) is 0. The van der Waals surface area contributed by atoms with Gasteiger partial charge in [0, 0.05) is 6.42 Å². The van der Waals surface area contributed by atoms with Crippen molar-refractivity contribution >= 4 is 5.91 Å². The minimum absolute atomic E-state index is 0.253. The molecule has 2 aliphatic heterocycles. The lowest BCUT2D eigenvalue weighted by atomic mass is 9.97. The first-order valence-corrected chi connectivity index (χ1v) is 26.2. The normalized spacial score (nSPS) is 27.1. The molecule has 9 N–H and O–H groups in total. The van der Waals surface area contributed by atoms with Crippen LogP contribution in [0.2, 0.25) is 0 Å². The summed E-state index contributed by atoms with van der Waals surface area (Å²) in [5, 5.41) is 86.7. The molecule has 2 saturated heterocycles. The van der Waals surface area contributed by atoms with Gasteiger partial charge in [-0.2, -0.15) is 0 Å². The summed E-state index contributed by atoms with van der Waals surface area (Å²) in [7, 11) is 0. The van der Waals surface area contributed by atoms with E-state index in [-0.39, 0.29) is 18.9 Å². The van der Waals surface area contributed by atoms with Gasteiger partial charge >= 0.3 is 0 Å². The van der Waals surface area contributed by atoms with Crippen LogP contribution in [0.1, 0.15) is 194 Å². The number of carbonyl (C=O) groups is 1. The Morgan fingerprint density at radius 3 is 1.47 bits per heavy atom. The van der Waals surface area contributed by atoms with Crippen LogP contribution in [0.3, 0.4) is 0 Å². The Morgan fingerprint density at radius 1 is 0.530 bits per heavy atom. The van der Waals surface area contributed by atoms with E-state index >= 15 is 0 Å². The molecular weight excluding hydrogens is 847 g/mol. The molecule has 0 radical (unpaired) electrons. The molecule has 2 aliphatic rings. The molecule has 0 spiro atoms. The molecule has 0 saturated carbocycles. The number of carbonyl (C=O) groups excluding carboxylic acids is 1. The number of ether oxygens (including phenoxy) is 4. The second kappa shape index (κ2) is 39.0. The lowest BCUT2D eigenvalue weighted by molar-refractivity contribution is -0.359.